The Labute approximate surface area is 251 Å². The van der Waals surface area contributed by atoms with Crippen LogP contribution >= 0.6 is 23.2 Å². The van der Waals surface area contributed by atoms with Gasteiger partial charge in [0.2, 0.25) is 5.88 Å². The van der Waals surface area contributed by atoms with Crippen LogP contribution in [0.2, 0.25) is 10.0 Å². The van der Waals surface area contributed by atoms with E-state index >= 15 is 0 Å². The molecule has 2 N–H and O–H groups in total. The number of aromatic nitrogens is 3. The van der Waals surface area contributed by atoms with Crippen LogP contribution in [-0.2, 0) is 18.4 Å². The highest BCUT2D eigenvalue weighted by Crippen LogP contribution is 2.41. The summed E-state index contributed by atoms with van der Waals surface area (Å²) in [5.41, 5.74) is 1.61. The Morgan fingerprint density at radius 3 is 2.38 bits per heavy atom. The van der Waals surface area contributed by atoms with Gasteiger partial charge in [-0.3, -0.25) is 19.3 Å². The average molecular weight is 608 g/mol. The topological polar surface area (TPSA) is 127 Å². The molecule has 0 aliphatic carbocycles. The summed E-state index contributed by atoms with van der Waals surface area (Å²) in [6.45, 7) is 2.35. The second-order valence-electron chi connectivity index (χ2n) is 10.1. The summed E-state index contributed by atoms with van der Waals surface area (Å²) in [5, 5.41) is 17.4. The summed E-state index contributed by atoms with van der Waals surface area (Å²) < 4.78 is 6.63. The molecule has 216 valence electrons. The number of anilines is 1. The number of β-amino-alcohol motifs (C(OH)–C–C–N with tert-alkyl or cyclic N) is 1. The number of methoxy groups -OCH3 is 1. The number of carbonyl (C=O) groups excluding carboxylic acids is 2. The highest BCUT2D eigenvalue weighted by molar-refractivity contribution is 6.39. The maximum atomic E-state index is 12.8. The first-order chi connectivity index (χ1) is 20.0. The van der Waals surface area contributed by atoms with E-state index in [-0.39, 0.29) is 29.5 Å². The Balaban J connectivity index is 1.42. The molecule has 1 saturated heterocycles. The Morgan fingerprint density at radius 1 is 1.02 bits per heavy atom. The molecule has 0 unspecified atom stereocenters. The van der Waals surface area contributed by atoms with E-state index in [1.165, 1.54) is 33.3 Å². The lowest BCUT2D eigenvalue weighted by molar-refractivity contribution is -0.155. The summed E-state index contributed by atoms with van der Waals surface area (Å²) in [7, 11) is 2.98. The largest absolute Gasteiger partial charge is 0.481 e. The van der Waals surface area contributed by atoms with Crippen LogP contribution in [0.1, 0.15) is 22.8 Å². The van der Waals surface area contributed by atoms with Gasteiger partial charge in [0.15, 0.2) is 5.78 Å². The van der Waals surface area contributed by atoms with E-state index in [1.54, 1.807) is 18.2 Å². The van der Waals surface area contributed by atoms with Crippen molar-refractivity contribution in [1.82, 2.24) is 19.7 Å². The van der Waals surface area contributed by atoms with Gasteiger partial charge in [0.1, 0.15) is 11.2 Å². The van der Waals surface area contributed by atoms with Gasteiger partial charge in [-0.2, -0.15) is 5.10 Å². The van der Waals surface area contributed by atoms with Crippen LogP contribution in [0.3, 0.4) is 0 Å². The minimum absolute atomic E-state index is 0.0684. The number of hydrogen-bond acceptors (Lipinski definition) is 8. The number of rotatable bonds is 8. The maximum absolute atomic E-state index is 12.8. The van der Waals surface area contributed by atoms with E-state index < -0.39 is 17.1 Å². The number of benzene rings is 2. The van der Waals surface area contributed by atoms with Crippen LogP contribution in [0.4, 0.5) is 5.69 Å². The molecular weight excluding hydrogens is 581 g/mol. The van der Waals surface area contributed by atoms with Crippen LogP contribution < -0.4 is 15.6 Å². The summed E-state index contributed by atoms with van der Waals surface area (Å²) in [6, 6.07) is 15.6. The number of ketones is 1. The highest BCUT2D eigenvalue weighted by Gasteiger charge is 2.45. The summed E-state index contributed by atoms with van der Waals surface area (Å²) in [5.74, 6) is -0.462. The quantitative estimate of drug-likeness (QED) is 0.305. The van der Waals surface area contributed by atoms with Gasteiger partial charge in [-0.25, -0.2) is 9.67 Å². The second kappa shape index (κ2) is 11.7. The molecule has 3 heterocycles. The predicted octanol–water partition coefficient (Wildman–Crippen LogP) is 4.21. The number of likely N-dealkylation sites (tertiary alicyclic amines) is 1. The monoisotopic (exact) mass is 607 g/mol. The molecule has 0 spiro atoms. The zero-order chi connectivity index (χ0) is 30.2. The van der Waals surface area contributed by atoms with E-state index in [1.807, 2.05) is 35.2 Å². The van der Waals surface area contributed by atoms with Crippen molar-refractivity contribution < 1.29 is 19.4 Å². The minimum atomic E-state index is -1.30. The lowest BCUT2D eigenvalue weighted by atomic mass is 9.90. The molecule has 12 heteroatoms. The van der Waals surface area contributed by atoms with Crippen molar-refractivity contribution >= 4 is 40.6 Å². The number of ether oxygens (including phenoxy) is 1. The van der Waals surface area contributed by atoms with Gasteiger partial charge in [0, 0.05) is 55.1 Å². The Morgan fingerprint density at radius 2 is 1.69 bits per heavy atom. The van der Waals surface area contributed by atoms with Crippen LogP contribution in [0.25, 0.3) is 22.4 Å². The number of nitrogens with one attached hydrogen (secondary N) is 1. The van der Waals surface area contributed by atoms with Gasteiger partial charge in [-0.05, 0) is 25.1 Å². The van der Waals surface area contributed by atoms with Crippen molar-refractivity contribution in [3.63, 3.8) is 0 Å². The lowest BCUT2D eigenvalue weighted by Crippen LogP contribution is -2.64. The second-order valence-corrected chi connectivity index (χ2v) is 10.8. The third-order valence-electron chi connectivity index (χ3n) is 7.21. The number of aryl methyl sites for hydroxylation is 1. The third-order valence-corrected chi connectivity index (χ3v) is 8.03. The molecule has 0 bridgehead atoms. The number of nitrogens with zero attached hydrogens (tertiary/aromatic N) is 4. The molecule has 0 atom stereocenters. The van der Waals surface area contributed by atoms with Crippen molar-refractivity contribution in [2.75, 3.05) is 25.5 Å². The molecule has 2 aromatic carbocycles. The zero-order valence-corrected chi connectivity index (χ0v) is 24.5. The van der Waals surface area contributed by atoms with Crippen molar-refractivity contribution in [1.29, 1.82) is 0 Å². The van der Waals surface area contributed by atoms with E-state index in [0.717, 1.165) is 10.2 Å². The van der Waals surface area contributed by atoms with Gasteiger partial charge < -0.3 is 15.2 Å². The Hall–Kier alpha value is -4.09. The number of aliphatic hydroxyl groups is 1. The molecule has 5 rings (SSSR count). The number of amides is 1. The number of pyridine rings is 1. The molecule has 10 nitrogen and oxygen atoms in total. The number of hydrogen-bond donors (Lipinski definition) is 2. The Bertz CT molecular complexity index is 1770. The summed E-state index contributed by atoms with van der Waals surface area (Å²) >= 11 is 13.7. The molecule has 42 heavy (non-hydrogen) atoms. The minimum Gasteiger partial charge on any atom is -0.481 e. The molecule has 1 fully saturated rings. The van der Waals surface area contributed by atoms with Gasteiger partial charge >= 0.3 is 0 Å². The van der Waals surface area contributed by atoms with Crippen molar-refractivity contribution in [3.05, 3.63) is 92.3 Å². The molecular formula is C30H27Cl2N5O5. The predicted molar refractivity (Wildman–Crippen MR) is 160 cm³/mol. The lowest BCUT2D eigenvalue weighted by Gasteiger charge is -2.44. The molecule has 1 aliphatic heterocycles. The van der Waals surface area contributed by atoms with Gasteiger partial charge in [0.05, 0.1) is 28.5 Å². The van der Waals surface area contributed by atoms with E-state index in [2.05, 4.69) is 15.4 Å². The van der Waals surface area contributed by atoms with E-state index in [0.29, 0.717) is 45.5 Å². The van der Waals surface area contributed by atoms with Crippen molar-refractivity contribution in [2.24, 2.45) is 7.05 Å². The standard InChI is InChI=1S/C30H27Cl2N5O5/c1-17(38)30(41)15-37(16-30)14-18-10-11-23(35-28(18)42-3)21-8-4-6-19(25(21)31)20-7-5-9-24(26(20)32)34-27(39)22-12-13-33-36(2)29(22)40/h4-13,41H,14-16H2,1-3H3,(H,34,39). The summed E-state index contributed by atoms with van der Waals surface area (Å²) in [6.07, 6.45) is 1.37. The van der Waals surface area contributed by atoms with Gasteiger partial charge in [-0.1, -0.05) is 59.6 Å². The maximum Gasteiger partial charge on any atom is 0.279 e. The highest BCUT2D eigenvalue weighted by atomic mass is 35.5. The third kappa shape index (κ3) is 5.54. The summed E-state index contributed by atoms with van der Waals surface area (Å²) in [4.78, 5) is 43.4. The molecule has 1 amide bonds. The fourth-order valence-electron chi connectivity index (χ4n) is 4.83. The molecule has 1 aliphatic rings. The van der Waals surface area contributed by atoms with E-state index in [9.17, 15) is 19.5 Å². The average Bonchev–Trinajstić information content (AvgIpc) is 2.95. The van der Waals surface area contributed by atoms with Crippen LogP contribution in [0.15, 0.2) is 65.6 Å². The number of halogens is 2. The first-order valence-corrected chi connectivity index (χ1v) is 13.7. The fraction of sp³-hybridized carbons (Fsp3) is 0.233. The van der Waals surface area contributed by atoms with Crippen LogP contribution in [0, 0.1) is 0 Å². The normalized spacial score (nSPS) is 14.2. The molecule has 0 radical (unpaired) electrons. The zero-order valence-electron chi connectivity index (χ0n) is 23.0. The number of Topliss-reactive ketones (excluding diaryl/α,β-unsaturated/α-hetero) is 1. The van der Waals surface area contributed by atoms with E-state index in [4.69, 9.17) is 27.9 Å². The van der Waals surface area contributed by atoms with Gasteiger partial charge in [-0.15, -0.1) is 0 Å². The first kappa shape index (κ1) is 29.4. The fourth-order valence-corrected chi connectivity index (χ4v) is 5.43. The number of carbonyl (C=O) groups is 2. The molecule has 2 aromatic heterocycles. The smallest absolute Gasteiger partial charge is 0.279 e. The van der Waals surface area contributed by atoms with Crippen molar-refractivity contribution in [3.8, 4) is 28.3 Å². The SMILES string of the molecule is COc1nc(-c2cccc(-c3cccc(NC(=O)c4ccnn(C)c4=O)c3Cl)c2Cl)ccc1CN1CC(O)(C(C)=O)C1. The van der Waals surface area contributed by atoms with Crippen LogP contribution in [-0.4, -0.2) is 62.3 Å². The van der Waals surface area contributed by atoms with Crippen molar-refractivity contribution in [2.45, 2.75) is 19.1 Å². The molecule has 4 aromatic rings. The molecule has 0 saturated carbocycles. The first-order valence-electron chi connectivity index (χ1n) is 12.9. The Kier molecular flexibility index (Phi) is 8.16. The van der Waals surface area contributed by atoms with Gasteiger partial charge in [0.25, 0.3) is 11.5 Å². The van der Waals surface area contributed by atoms with Crippen LogP contribution in [0.5, 0.6) is 5.88 Å².